The Morgan fingerprint density at radius 2 is 2.33 bits per heavy atom. The average molecular weight is 307 g/mol. The number of rotatable bonds is 4. The number of hydrogen-bond acceptors (Lipinski definition) is 4. The van der Waals surface area contributed by atoms with E-state index in [1.807, 2.05) is 0 Å². The molecule has 0 bridgehead atoms. The molecule has 0 radical (unpaired) electrons. The van der Waals surface area contributed by atoms with E-state index in [1.54, 1.807) is 13.1 Å². The monoisotopic (exact) mass is 307 g/mol. The Kier molecular flexibility index (Phi) is 5.20. The van der Waals surface area contributed by atoms with Gasteiger partial charge in [0.2, 0.25) is 0 Å². The second-order valence-electron chi connectivity index (χ2n) is 4.24. The lowest BCUT2D eigenvalue weighted by Crippen LogP contribution is -2.12. The van der Waals surface area contributed by atoms with Gasteiger partial charge in [-0.05, 0) is 17.7 Å². The summed E-state index contributed by atoms with van der Waals surface area (Å²) >= 11 is 1.36. The number of aromatic amines is 1. The van der Waals surface area contributed by atoms with Crippen LogP contribution in [-0.4, -0.2) is 26.5 Å². The van der Waals surface area contributed by atoms with Crippen molar-refractivity contribution in [3.05, 3.63) is 45.6 Å². The van der Waals surface area contributed by atoms with Crippen LogP contribution < -0.4 is 5.69 Å². The summed E-state index contributed by atoms with van der Waals surface area (Å²) in [5.74, 6) is 5.79. The summed E-state index contributed by atoms with van der Waals surface area (Å²) in [6.45, 7) is -0.0260. The third-order valence-corrected chi connectivity index (χ3v) is 3.81. The van der Waals surface area contributed by atoms with Crippen molar-refractivity contribution in [2.45, 2.75) is 17.3 Å². The zero-order valence-corrected chi connectivity index (χ0v) is 12.2. The minimum atomic E-state index is -0.357. The molecule has 21 heavy (non-hydrogen) atoms. The number of aliphatic hydroxyl groups is 1. The highest BCUT2D eigenvalue weighted by molar-refractivity contribution is 7.98. The first kappa shape index (κ1) is 15.4. The predicted molar refractivity (Wildman–Crippen MR) is 78.4 cm³/mol. The Bertz CT molecular complexity index is 743. The smallest absolute Gasteiger partial charge is 0.343 e. The number of hydrogen-bond donors (Lipinski definition) is 2. The van der Waals surface area contributed by atoms with Crippen LogP contribution in [-0.2, 0) is 12.8 Å². The predicted octanol–water partition coefficient (Wildman–Crippen LogP) is 1.27. The van der Waals surface area contributed by atoms with Gasteiger partial charge in [0.1, 0.15) is 5.82 Å². The summed E-state index contributed by atoms with van der Waals surface area (Å²) < 4.78 is 14.7. The molecule has 0 aliphatic rings. The van der Waals surface area contributed by atoms with Crippen LogP contribution in [0.4, 0.5) is 4.39 Å². The fourth-order valence-corrected chi connectivity index (χ4v) is 2.53. The maximum Gasteiger partial charge on any atom is 0.343 e. The molecule has 2 rings (SSSR count). The van der Waals surface area contributed by atoms with Gasteiger partial charge in [0, 0.05) is 24.8 Å². The van der Waals surface area contributed by atoms with Gasteiger partial charge in [-0.2, -0.15) is 0 Å². The topological polar surface area (TPSA) is 70.9 Å². The summed E-state index contributed by atoms with van der Waals surface area (Å²) in [4.78, 5) is 11.3. The zero-order valence-electron chi connectivity index (χ0n) is 11.4. The summed E-state index contributed by atoms with van der Waals surface area (Å²) in [6.07, 6.45) is 0.344. The third kappa shape index (κ3) is 3.97. The molecule has 7 heteroatoms. The molecule has 1 aromatic heterocycles. The largest absolute Gasteiger partial charge is 0.395 e. The van der Waals surface area contributed by atoms with Crippen molar-refractivity contribution in [3.63, 3.8) is 0 Å². The van der Waals surface area contributed by atoms with Crippen LogP contribution >= 0.6 is 11.8 Å². The Labute approximate surface area is 125 Å². The van der Waals surface area contributed by atoms with E-state index in [-0.39, 0.29) is 18.1 Å². The van der Waals surface area contributed by atoms with E-state index >= 15 is 0 Å². The summed E-state index contributed by atoms with van der Waals surface area (Å²) in [5.41, 5.74) is 1.15. The van der Waals surface area contributed by atoms with E-state index in [0.717, 1.165) is 5.56 Å². The van der Waals surface area contributed by atoms with Crippen LogP contribution in [0.25, 0.3) is 0 Å². The van der Waals surface area contributed by atoms with E-state index < -0.39 is 0 Å². The second kappa shape index (κ2) is 7.11. The van der Waals surface area contributed by atoms with Gasteiger partial charge in [-0.15, -0.1) is 5.10 Å². The van der Waals surface area contributed by atoms with Crippen LogP contribution in [0, 0.1) is 17.7 Å². The number of H-pyrrole nitrogens is 1. The van der Waals surface area contributed by atoms with Crippen LogP contribution in [0.5, 0.6) is 0 Å². The normalized spacial score (nSPS) is 10.2. The Hall–Kier alpha value is -2.04. The van der Waals surface area contributed by atoms with Crippen LogP contribution in [0.3, 0.4) is 0 Å². The van der Waals surface area contributed by atoms with Gasteiger partial charge in [-0.25, -0.2) is 14.3 Å². The molecule has 0 atom stereocenters. The summed E-state index contributed by atoms with van der Waals surface area (Å²) in [6, 6.07) is 4.40. The van der Waals surface area contributed by atoms with Crippen molar-refractivity contribution >= 4 is 11.8 Å². The highest BCUT2D eigenvalue weighted by Crippen LogP contribution is 2.22. The molecule has 0 saturated heterocycles. The molecule has 0 spiro atoms. The standard InChI is InChI=1S/C14H14FN3O2S/c1-18-13(20)16-17-14(18)21-9-11-5-6-12(15)8-10(11)4-2-3-7-19/h5-6,8,19H,3,7,9H2,1H3,(H,16,20). The van der Waals surface area contributed by atoms with Gasteiger partial charge in [-0.1, -0.05) is 29.7 Å². The Balaban J connectivity index is 2.18. The average Bonchev–Trinajstić information content (AvgIpc) is 2.78. The van der Waals surface area contributed by atoms with Gasteiger partial charge in [0.25, 0.3) is 0 Å². The quantitative estimate of drug-likeness (QED) is 0.659. The molecule has 2 aromatic rings. The number of benzene rings is 1. The lowest BCUT2D eigenvalue weighted by atomic mass is 10.1. The van der Waals surface area contributed by atoms with E-state index in [1.165, 1.54) is 28.5 Å². The Morgan fingerprint density at radius 3 is 3.00 bits per heavy atom. The molecule has 110 valence electrons. The fourth-order valence-electron chi connectivity index (χ4n) is 1.61. The van der Waals surface area contributed by atoms with Gasteiger partial charge in [-0.3, -0.25) is 4.57 Å². The lowest BCUT2D eigenvalue weighted by Gasteiger charge is -2.04. The zero-order chi connectivity index (χ0) is 15.2. The Morgan fingerprint density at radius 1 is 1.52 bits per heavy atom. The first-order valence-electron chi connectivity index (χ1n) is 6.24. The first-order chi connectivity index (χ1) is 10.1. The molecule has 0 saturated carbocycles. The van der Waals surface area contributed by atoms with Gasteiger partial charge in [0.05, 0.1) is 6.61 Å². The highest BCUT2D eigenvalue weighted by atomic mass is 32.2. The minimum absolute atomic E-state index is 0.0260. The van der Waals surface area contributed by atoms with Crippen LogP contribution in [0.1, 0.15) is 17.5 Å². The van der Waals surface area contributed by atoms with E-state index in [2.05, 4.69) is 22.0 Å². The first-order valence-corrected chi connectivity index (χ1v) is 7.22. The lowest BCUT2D eigenvalue weighted by molar-refractivity contribution is 0.305. The van der Waals surface area contributed by atoms with Gasteiger partial charge < -0.3 is 5.11 Å². The summed E-state index contributed by atoms with van der Waals surface area (Å²) in [5, 5.41) is 15.5. The van der Waals surface area contributed by atoms with Gasteiger partial charge >= 0.3 is 5.69 Å². The molecular weight excluding hydrogens is 293 g/mol. The maximum absolute atomic E-state index is 13.3. The number of nitrogens with one attached hydrogen (secondary N) is 1. The molecule has 5 nitrogen and oxygen atoms in total. The maximum atomic E-state index is 13.3. The van der Waals surface area contributed by atoms with Crippen molar-refractivity contribution in [3.8, 4) is 11.8 Å². The molecule has 0 unspecified atom stereocenters. The molecule has 0 fully saturated rings. The molecule has 2 N–H and O–H groups in total. The van der Waals surface area contributed by atoms with Crippen molar-refractivity contribution in [1.29, 1.82) is 0 Å². The van der Waals surface area contributed by atoms with Gasteiger partial charge in [0.15, 0.2) is 5.16 Å². The molecular formula is C14H14FN3O2S. The third-order valence-electron chi connectivity index (χ3n) is 2.73. The molecule has 1 heterocycles. The number of aromatic nitrogens is 3. The van der Waals surface area contributed by atoms with Crippen molar-refractivity contribution in [2.24, 2.45) is 7.05 Å². The number of halogens is 1. The SMILES string of the molecule is Cn1c(SCc2ccc(F)cc2C#CCCO)n[nH]c1=O. The van der Waals surface area contributed by atoms with Crippen molar-refractivity contribution in [1.82, 2.24) is 14.8 Å². The molecule has 0 aliphatic carbocycles. The van der Waals surface area contributed by atoms with E-state index in [9.17, 15) is 9.18 Å². The van der Waals surface area contributed by atoms with E-state index in [4.69, 9.17) is 5.11 Å². The number of nitrogens with zero attached hydrogens (tertiary/aromatic N) is 2. The van der Waals surface area contributed by atoms with Crippen LogP contribution in [0.15, 0.2) is 28.2 Å². The summed E-state index contributed by atoms with van der Waals surface area (Å²) in [7, 11) is 1.63. The second-order valence-corrected chi connectivity index (χ2v) is 5.18. The number of aliphatic hydroxyl groups excluding tert-OH is 1. The number of thioether (sulfide) groups is 1. The molecule has 1 aromatic carbocycles. The van der Waals surface area contributed by atoms with Crippen LogP contribution in [0.2, 0.25) is 0 Å². The van der Waals surface area contributed by atoms with Crippen molar-refractivity contribution < 1.29 is 9.50 Å². The highest BCUT2D eigenvalue weighted by Gasteiger charge is 2.08. The fraction of sp³-hybridized carbons (Fsp3) is 0.286. The van der Waals surface area contributed by atoms with Crippen molar-refractivity contribution in [2.75, 3.05) is 6.61 Å². The minimum Gasteiger partial charge on any atom is -0.395 e. The molecule has 0 aliphatic heterocycles. The molecule has 0 amide bonds. The van der Waals surface area contributed by atoms with E-state index in [0.29, 0.717) is 22.9 Å².